The smallest absolute Gasteiger partial charge is 0.325 e. The summed E-state index contributed by atoms with van der Waals surface area (Å²) in [6.45, 7) is 1.73. The molecule has 7 nitrogen and oxygen atoms in total. The number of methoxy groups -OCH3 is 1. The number of carbonyl (C=O) groups excluding carboxylic acids is 3. The van der Waals surface area contributed by atoms with Gasteiger partial charge in [0.25, 0.3) is 5.91 Å². The zero-order valence-electron chi connectivity index (χ0n) is 14.6. The number of rotatable bonds is 5. The summed E-state index contributed by atoms with van der Waals surface area (Å²) < 4.78 is 4.46. The number of amides is 2. The number of anilines is 1. The largest absolute Gasteiger partial charge is 0.468 e. The normalized spacial score (nSPS) is 22.8. The van der Waals surface area contributed by atoms with Crippen LogP contribution in [-0.2, 0) is 14.3 Å². The second-order valence-electron chi connectivity index (χ2n) is 6.63. The predicted molar refractivity (Wildman–Crippen MR) is 94.0 cm³/mol. The van der Waals surface area contributed by atoms with Gasteiger partial charge in [0.15, 0.2) is 0 Å². The van der Waals surface area contributed by atoms with E-state index in [1.54, 1.807) is 24.3 Å². The van der Waals surface area contributed by atoms with Gasteiger partial charge in [0.05, 0.1) is 13.0 Å². The maximum absolute atomic E-state index is 12.5. The van der Waals surface area contributed by atoms with Crippen LogP contribution >= 0.6 is 0 Å². The second kappa shape index (κ2) is 8.11. The van der Waals surface area contributed by atoms with E-state index >= 15 is 0 Å². The fourth-order valence-corrected chi connectivity index (χ4v) is 3.05. The Kier molecular flexibility index (Phi) is 6.14. The Morgan fingerprint density at radius 2 is 1.92 bits per heavy atom. The number of esters is 1. The fourth-order valence-electron chi connectivity index (χ4n) is 3.05. The lowest BCUT2D eigenvalue weighted by molar-refractivity contribution is -0.139. The van der Waals surface area contributed by atoms with Crippen molar-refractivity contribution in [2.75, 3.05) is 19.0 Å². The Morgan fingerprint density at radius 3 is 2.52 bits per heavy atom. The molecule has 2 atom stereocenters. The lowest BCUT2D eigenvalue weighted by Crippen LogP contribution is -2.51. The van der Waals surface area contributed by atoms with E-state index in [1.807, 2.05) is 6.92 Å². The third kappa shape index (κ3) is 5.03. The highest BCUT2D eigenvalue weighted by molar-refractivity contribution is 5.97. The summed E-state index contributed by atoms with van der Waals surface area (Å²) >= 11 is 0. The molecular formula is C18H25N3O4. The first-order chi connectivity index (χ1) is 11.8. The summed E-state index contributed by atoms with van der Waals surface area (Å²) in [6, 6.07) is 6.48. The molecule has 0 spiro atoms. The molecular weight excluding hydrogens is 322 g/mol. The van der Waals surface area contributed by atoms with E-state index in [4.69, 9.17) is 5.73 Å². The molecule has 136 valence electrons. The maximum Gasteiger partial charge on any atom is 0.325 e. The van der Waals surface area contributed by atoms with Crippen molar-refractivity contribution in [1.82, 2.24) is 5.32 Å². The van der Waals surface area contributed by atoms with Crippen molar-refractivity contribution >= 4 is 23.5 Å². The number of hydrogen-bond donors (Lipinski definition) is 3. The van der Waals surface area contributed by atoms with E-state index in [-0.39, 0.29) is 24.3 Å². The van der Waals surface area contributed by atoms with Crippen LogP contribution in [0.2, 0.25) is 0 Å². The van der Waals surface area contributed by atoms with E-state index in [2.05, 4.69) is 15.4 Å². The van der Waals surface area contributed by atoms with Gasteiger partial charge in [-0.2, -0.15) is 0 Å². The van der Waals surface area contributed by atoms with E-state index < -0.39 is 11.5 Å². The molecule has 0 saturated heterocycles. The van der Waals surface area contributed by atoms with Crippen molar-refractivity contribution < 1.29 is 19.1 Å². The van der Waals surface area contributed by atoms with Crippen molar-refractivity contribution in [3.05, 3.63) is 29.8 Å². The van der Waals surface area contributed by atoms with Crippen molar-refractivity contribution in [1.29, 1.82) is 0 Å². The van der Waals surface area contributed by atoms with E-state index in [9.17, 15) is 14.4 Å². The van der Waals surface area contributed by atoms with Gasteiger partial charge in [0.1, 0.15) is 6.54 Å². The highest BCUT2D eigenvalue weighted by Gasteiger charge is 2.37. The van der Waals surface area contributed by atoms with Gasteiger partial charge in [-0.15, -0.1) is 0 Å². The molecule has 2 amide bonds. The molecule has 0 radical (unpaired) electrons. The van der Waals surface area contributed by atoms with Crippen LogP contribution in [0, 0.1) is 5.92 Å². The number of benzene rings is 1. The number of ether oxygens (including phenoxy) is 1. The molecule has 4 N–H and O–H groups in total. The quantitative estimate of drug-likeness (QED) is 0.698. The minimum atomic E-state index is -0.519. The zero-order chi connectivity index (χ0) is 18.4. The summed E-state index contributed by atoms with van der Waals surface area (Å²) in [5.41, 5.74) is 6.77. The van der Waals surface area contributed by atoms with E-state index in [0.717, 1.165) is 25.7 Å². The van der Waals surface area contributed by atoms with Crippen molar-refractivity contribution in [2.24, 2.45) is 11.7 Å². The lowest BCUT2D eigenvalue weighted by atomic mass is 9.74. The number of nitrogens with two attached hydrogens (primary N) is 1. The lowest BCUT2D eigenvalue weighted by Gasteiger charge is -2.37. The van der Waals surface area contributed by atoms with E-state index in [1.165, 1.54) is 7.11 Å². The fraction of sp³-hybridized carbons (Fsp3) is 0.500. The average molecular weight is 347 g/mol. The van der Waals surface area contributed by atoms with Gasteiger partial charge in [0.2, 0.25) is 5.91 Å². The Labute approximate surface area is 147 Å². The zero-order valence-corrected chi connectivity index (χ0v) is 14.6. The van der Waals surface area contributed by atoms with E-state index in [0.29, 0.717) is 11.3 Å². The van der Waals surface area contributed by atoms with Crippen LogP contribution < -0.4 is 16.4 Å². The van der Waals surface area contributed by atoms with Gasteiger partial charge >= 0.3 is 5.97 Å². The third-order valence-corrected chi connectivity index (χ3v) is 4.61. The topological polar surface area (TPSA) is 111 Å². The highest BCUT2D eigenvalue weighted by atomic mass is 16.5. The molecule has 1 aromatic carbocycles. The minimum Gasteiger partial charge on any atom is -0.468 e. The Bertz CT molecular complexity index is 640. The first-order valence-corrected chi connectivity index (χ1v) is 8.38. The molecule has 0 aliphatic heterocycles. The van der Waals surface area contributed by atoms with Crippen LogP contribution in [0.1, 0.15) is 43.0 Å². The minimum absolute atomic E-state index is 0.0902. The highest BCUT2D eigenvalue weighted by Crippen LogP contribution is 2.32. The van der Waals surface area contributed by atoms with Crippen molar-refractivity contribution in [2.45, 2.75) is 38.1 Å². The van der Waals surface area contributed by atoms with Gasteiger partial charge in [0, 0.05) is 16.8 Å². The van der Waals surface area contributed by atoms with Crippen molar-refractivity contribution in [3.8, 4) is 0 Å². The van der Waals surface area contributed by atoms with Gasteiger partial charge < -0.3 is 21.1 Å². The molecule has 0 bridgehead atoms. The van der Waals surface area contributed by atoms with Gasteiger partial charge in [-0.25, -0.2) is 0 Å². The van der Waals surface area contributed by atoms with Crippen LogP contribution in [0.5, 0.6) is 0 Å². The molecule has 1 aliphatic carbocycles. The molecule has 25 heavy (non-hydrogen) atoms. The van der Waals surface area contributed by atoms with Crippen LogP contribution in [0.25, 0.3) is 0 Å². The maximum atomic E-state index is 12.5. The Balaban J connectivity index is 1.94. The molecule has 1 aliphatic rings. The molecule has 1 aromatic rings. The van der Waals surface area contributed by atoms with Crippen LogP contribution in [0.3, 0.4) is 0 Å². The number of nitrogens with one attached hydrogen (secondary N) is 2. The summed E-state index contributed by atoms with van der Waals surface area (Å²) in [5.74, 6) is -1.21. The van der Waals surface area contributed by atoms with Gasteiger partial charge in [-0.1, -0.05) is 12.8 Å². The van der Waals surface area contributed by atoms with Crippen LogP contribution in [-0.4, -0.2) is 37.0 Å². The Morgan fingerprint density at radius 1 is 1.24 bits per heavy atom. The average Bonchev–Trinajstić information content (AvgIpc) is 2.59. The molecule has 0 aromatic heterocycles. The summed E-state index contributed by atoms with van der Waals surface area (Å²) in [5, 5.41) is 5.32. The molecule has 1 saturated carbocycles. The number of hydrogen-bond acceptors (Lipinski definition) is 5. The molecule has 2 rings (SSSR count). The van der Waals surface area contributed by atoms with Crippen LogP contribution in [0.4, 0.5) is 5.69 Å². The summed E-state index contributed by atoms with van der Waals surface area (Å²) in [4.78, 5) is 35.4. The summed E-state index contributed by atoms with van der Waals surface area (Å²) in [7, 11) is 1.25. The van der Waals surface area contributed by atoms with Crippen molar-refractivity contribution in [3.63, 3.8) is 0 Å². The molecule has 1 fully saturated rings. The van der Waals surface area contributed by atoms with Crippen LogP contribution in [0.15, 0.2) is 24.3 Å². The van der Waals surface area contributed by atoms with Gasteiger partial charge in [-0.3, -0.25) is 14.4 Å². The monoisotopic (exact) mass is 347 g/mol. The summed E-state index contributed by atoms with van der Waals surface area (Å²) in [6.07, 6.45) is 3.67. The third-order valence-electron chi connectivity index (χ3n) is 4.61. The first-order valence-electron chi connectivity index (χ1n) is 8.38. The Hall–Kier alpha value is -2.41. The second-order valence-corrected chi connectivity index (χ2v) is 6.63. The first kappa shape index (κ1) is 18.9. The SMILES string of the molecule is COC(=O)CNC(=O)c1ccc(NC(=O)C2CCCCC2(C)N)cc1. The molecule has 2 unspecified atom stereocenters. The van der Waals surface area contributed by atoms with Gasteiger partial charge in [-0.05, 0) is 44.0 Å². The standard InChI is InChI=1S/C18H25N3O4/c1-18(19)10-4-3-5-14(18)17(24)21-13-8-6-12(7-9-13)16(23)20-11-15(22)25-2/h6-9,14H,3-5,10-11,19H2,1-2H3,(H,20,23)(H,21,24). The molecule has 0 heterocycles. The number of carbonyl (C=O) groups is 3. The molecule has 7 heteroatoms. The predicted octanol–water partition coefficient (Wildman–Crippen LogP) is 1.44.